The van der Waals surface area contributed by atoms with Gasteiger partial charge in [0.05, 0.1) is 16.6 Å². The van der Waals surface area contributed by atoms with Crippen LogP contribution in [-0.2, 0) is 0 Å². The number of fused-ring (bicyclic) bond motifs is 7. The first-order valence-electron chi connectivity index (χ1n) is 12.7. The van der Waals surface area contributed by atoms with Crippen LogP contribution in [0, 0.1) is 0 Å². The molecule has 4 aromatic carbocycles. The Kier molecular flexibility index (Phi) is 4.49. The van der Waals surface area contributed by atoms with Crippen LogP contribution in [0.25, 0.3) is 66.1 Å². The molecule has 4 nitrogen and oxygen atoms in total. The fourth-order valence-electron chi connectivity index (χ4n) is 5.81. The van der Waals surface area contributed by atoms with Gasteiger partial charge in [-0.05, 0) is 70.9 Å². The molecule has 4 aromatic heterocycles. The molecule has 0 aliphatic rings. The van der Waals surface area contributed by atoms with Crippen LogP contribution in [0.15, 0.2) is 134 Å². The van der Waals surface area contributed by atoms with E-state index < -0.39 is 0 Å². The molecule has 0 saturated heterocycles. The topological polar surface area (TPSA) is 35.6 Å². The highest BCUT2D eigenvalue weighted by molar-refractivity contribution is 6.25. The van der Waals surface area contributed by atoms with Gasteiger partial charge in [-0.25, -0.2) is 4.98 Å². The van der Waals surface area contributed by atoms with E-state index in [-0.39, 0.29) is 0 Å². The van der Waals surface area contributed by atoms with Crippen molar-refractivity contribution in [3.8, 4) is 22.6 Å². The van der Waals surface area contributed by atoms with Gasteiger partial charge >= 0.3 is 0 Å². The quantitative estimate of drug-likeness (QED) is 0.252. The molecule has 8 rings (SSSR count). The van der Waals surface area contributed by atoms with E-state index in [9.17, 15) is 0 Å². The summed E-state index contributed by atoms with van der Waals surface area (Å²) in [6.45, 7) is 0. The summed E-state index contributed by atoms with van der Waals surface area (Å²) in [5, 5.41) is 6.23. The highest BCUT2D eigenvalue weighted by atomic mass is 15.1. The molecule has 4 heterocycles. The Labute approximate surface area is 219 Å². The number of benzene rings is 4. The minimum Gasteiger partial charge on any atom is -0.317 e. The van der Waals surface area contributed by atoms with Crippen molar-refractivity contribution in [3.63, 3.8) is 0 Å². The molecule has 0 spiro atoms. The van der Waals surface area contributed by atoms with Gasteiger partial charge in [-0.1, -0.05) is 54.6 Å². The molecule has 0 amide bonds. The molecule has 0 unspecified atom stereocenters. The van der Waals surface area contributed by atoms with Crippen LogP contribution in [0.1, 0.15) is 0 Å². The average molecular weight is 487 g/mol. The van der Waals surface area contributed by atoms with E-state index in [4.69, 9.17) is 4.98 Å². The van der Waals surface area contributed by atoms with E-state index in [1.54, 1.807) is 6.20 Å². The fourth-order valence-corrected chi connectivity index (χ4v) is 5.81. The summed E-state index contributed by atoms with van der Waals surface area (Å²) in [7, 11) is 0. The Balaban J connectivity index is 1.41. The lowest BCUT2D eigenvalue weighted by Gasteiger charge is -2.10. The van der Waals surface area contributed by atoms with Crippen molar-refractivity contribution in [2.24, 2.45) is 0 Å². The number of hydrogen-bond acceptors (Lipinski definition) is 2. The van der Waals surface area contributed by atoms with Crippen LogP contribution in [0.3, 0.4) is 0 Å². The van der Waals surface area contributed by atoms with Gasteiger partial charge in [-0.3, -0.25) is 9.55 Å². The molecule has 178 valence electrons. The van der Waals surface area contributed by atoms with Crippen molar-refractivity contribution in [1.82, 2.24) is 19.1 Å². The molecule has 38 heavy (non-hydrogen) atoms. The normalized spacial score (nSPS) is 11.7. The molecule has 0 radical (unpaired) electrons. The lowest BCUT2D eigenvalue weighted by atomic mass is 10.0. The summed E-state index contributed by atoms with van der Waals surface area (Å²) in [6, 6.07) is 38.6. The summed E-state index contributed by atoms with van der Waals surface area (Å²) >= 11 is 0. The summed E-state index contributed by atoms with van der Waals surface area (Å²) in [5.74, 6) is 0.896. The van der Waals surface area contributed by atoms with Crippen LogP contribution < -0.4 is 0 Å². The SMILES string of the molecule is c1ccc(-n2ccc3c4ccc5c(c4ccc32)c2ccccc2n5-c2cc(-c3cccnc3)ccn2)cc1. The van der Waals surface area contributed by atoms with Gasteiger partial charge in [0.1, 0.15) is 5.82 Å². The fraction of sp³-hybridized carbons (Fsp3) is 0. The second-order valence-corrected chi connectivity index (χ2v) is 9.57. The van der Waals surface area contributed by atoms with Gasteiger partial charge in [0, 0.05) is 52.2 Å². The molecule has 0 saturated carbocycles. The minimum atomic E-state index is 0.896. The number of aromatic nitrogens is 4. The zero-order chi connectivity index (χ0) is 25.1. The Morgan fingerprint density at radius 3 is 2.26 bits per heavy atom. The first kappa shape index (κ1) is 20.9. The third-order valence-electron chi connectivity index (χ3n) is 7.51. The molecule has 0 bridgehead atoms. The monoisotopic (exact) mass is 486 g/mol. The lowest BCUT2D eigenvalue weighted by molar-refractivity contribution is 1.08. The van der Waals surface area contributed by atoms with Crippen molar-refractivity contribution in [2.75, 3.05) is 0 Å². The van der Waals surface area contributed by atoms with Gasteiger partial charge in [0.15, 0.2) is 0 Å². The molecule has 0 aliphatic carbocycles. The largest absolute Gasteiger partial charge is 0.317 e. The molecular weight excluding hydrogens is 464 g/mol. The standard InChI is InChI=1S/C34H22N4/c1-2-8-25(9-3-1)37-20-17-27-26-12-15-32-34(28(26)13-14-30(27)37)29-10-4-5-11-31(29)38(32)33-21-23(16-19-36-33)24-7-6-18-35-22-24/h1-22H. The predicted molar refractivity (Wildman–Crippen MR) is 156 cm³/mol. The molecular formula is C34H22N4. The number of hydrogen-bond donors (Lipinski definition) is 0. The van der Waals surface area contributed by atoms with Crippen molar-refractivity contribution < 1.29 is 0 Å². The van der Waals surface area contributed by atoms with Gasteiger partial charge in [-0.15, -0.1) is 0 Å². The molecule has 4 heteroatoms. The Bertz CT molecular complexity index is 2120. The lowest BCUT2D eigenvalue weighted by Crippen LogP contribution is -1.97. The van der Waals surface area contributed by atoms with Gasteiger partial charge < -0.3 is 4.57 Å². The smallest absolute Gasteiger partial charge is 0.138 e. The van der Waals surface area contributed by atoms with Crippen LogP contribution in [-0.4, -0.2) is 19.1 Å². The van der Waals surface area contributed by atoms with E-state index >= 15 is 0 Å². The maximum absolute atomic E-state index is 4.81. The Morgan fingerprint density at radius 2 is 1.37 bits per heavy atom. The van der Waals surface area contributed by atoms with Crippen molar-refractivity contribution in [1.29, 1.82) is 0 Å². The van der Waals surface area contributed by atoms with E-state index in [1.165, 1.54) is 38.1 Å². The zero-order valence-corrected chi connectivity index (χ0v) is 20.5. The molecule has 0 atom stereocenters. The first-order valence-corrected chi connectivity index (χ1v) is 12.7. The number of pyridine rings is 2. The minimum absolute atomic E-state index is 0.896. The molecule has 0 fully saturated rings. The third-order valence-corrected chi connectivity index (χ3v) is 7.51. The summed E-state index contributed by atoms with van der Waals surface area (Å²) in [4.78, 5) is 9.12. The van der Waals surface area contributed by atoms with Crippen molar-refractivity contribution >= 4 is 43.5 Å². The third kappa shape index (κ3) is 3.04. The van der Waals surface area contributed by atoms with Crippen molar-refractivity contribution in [3.05, 3.63) is 134 Å². The van der Waals surface area contributed by atoms with Gasteiger partial charge in [0.25, 0.3) is 0 Å². The van der Waals surface area contributed by atoms with E-state index in [0.29, 0.717) is 0 Å². The van der Waals surface area contributed by atoms with Crippen LogP contribution in [0.4, 0.5) is 0 Å². The van der Waals surface area contributed by atoms with Gasteiger partial charge in [0.2, 0.25) is 0 Å². The van der Waals surface area contributed by atoms with Crippen LogP contribution in [0.2, 0.25) is 0 Å². The van der Waals surface area contributed by atoms with Crippen LogP contribution in [0.5, 0.6) is 0 Å². The maximum Gasteiger partial charge on any atom is 0.138 e. The second-order valence-electron chi connectivity index (χ2n) is 9.57. The van der Waals surface area contributed by atoms with E-state index in [1.807, 2.05) is 24.5 Å². The second kappa shape index (κ2) is 8.15. The first-order chi connectivity index (χ1) is 18.9. The van der Waals surface area contributed by atoms with Gasteiger partial charge in [-0.2, -0.15) is 0 Å². The maximum atomic E-state index is 4.81. The van der Waals surface area contributed by atoms with E-state index in [0.717, 1.165) is 28.0 Å². The summed E-state index contributed by atoms with van der Waals surface area (Å²) in [5.41, 5.74) is 6.84. The zero-order valence-electron chi connectivity index (χ0n) is 20.5. The highest BCUT2D eigenvalue weighted by Crippen LogP contribution is 2.39. The predicted octanol–water partition coefficient (Wildman–Crippen LogP) is 8.34. The molecule has 0 N–H and O–H groups in total. The van der Waals surface area contributed by atoms with E-state index in [2.05, 4.69) is 117 Å². The number of rotatable bonds is 3. The number of para-hydroxylation sites is 2. The van der Waals surface area contributed by atoms with Crippen LogP contribution >= 0.6 is 0 Å². The Morgan fingerprint density at radius 1 is 0.526 bits per heavy atom. The van der Waals surface area contributed by atoms with Crippen molar-refractivity contribution in [2.45, 2.75) is 0 Å². The highest BCUT2D eigenvalue weighted by Gasteiger charge is 2.17. The molecule has 8 aromatic rings. The number of nitrogens with zero attached hydrogens (tertiary/aromatic N) is 4. The molecule has 0 aliphatic heterocycles. The average Bonchev–Trinajstić information content (AvgIpc) is 3.58. The summed E-state index contributed by atoms with van der Waals surface area (Å²) < 4.78 is 4.54. The Hall–Kier alpha value is -5.22. The summed E-state index contributed by atoms with van der Waals surface area (Å²) in [6.07, 6.45) is 7.75.